The Bertz CT molecular complexity index is 6330. The highest BCUT2D eigenvalue weighted by molar-refractivity contribution is 7.90. The minimum atomic E-state index is -3.03. The predicted octanol–water partition coefficient (Wildman–Crippen LogP) is 16.7. The number of rotatable bonds is 38. The number of pyridine rings is 1. The second-order valence-electron chi connectivity index (χ2n) is 32.1. The molecule has 724 valence electrons. The monoisotopic (exact) mass is 1920 g/mol. The molecular weight excluding hydrogens is 1810 g/mol. The number of nitrogens with one attached hydrogen (secondary N) is 11. The lowest BCUT2D eigenvalue weighted by molar-refractivity contribution is -0.112. The molecule has 139 heavy (non-hydrogen) atoms. The second kappa shape index (κ2) is 51.6. The van der Waals surface area contributed by atoms with Gasteiger partial charge in [0, 0.05) is 138 Å². The summed E-state index contributed by atoms with van der Waals surface area (Å²) in [6.07, 6.45) is 16.6. The zero-order valence-corrected chi connectivity index (χ0v) is 77.5. The highest BCUT2D eigenvalue weighted by atomic mass is 32.2. The molecular formula is C99H108F4N24O11S. The number of aliphatic hydroxyl groups is 1. The van der Waals surface area contributed by atoms with Crippen molar-refractivity contribution in [1.82, 2.24) is 59.6 Å². The van der Waals surface area contributed by atoms with Crippen molar-refractivity contribution < 1.29 is 69.2 Å². The van der Waals surface area contributed by atoms with Crippen LogP contribution < -0.4 is 82.3 Å². The predicted molar refractivity (Wildman–Crippen MR) is 533 cm³/mol. The van der Waals surface area contributed by atoms with Gasteiger partial charge in [0.2, 0.25) is 59.1 Å². The second-order valence-corrected chi connectivity index (χ2v) is 34.3. The van der Waals surface area contributed by atoms with Gasteiger partial charge in [-0.2, -0.15) is 24.3 Å². The number of likely N-dealkylation sites (tertiary alicyclic amines) is 2. The summed E-state index contributed by atoms with van der Waals surface area (Å²) in [5.41, 5.74) is 7.52. The number of ether oxygens (including phenoxy) is 4. The Morgan fingerprint density at radius 3 is 1.27 bits per heavy atom. The van der Waals surface area contributed by atoms with Crippen LogP contribution in [0.25, 0.3) is 0 Å². The van der Waals surface area contributed by atoms with Crippen LogP contribution >= 0.6 is 0 Å². The number of amides is 4. The Morgan fingerprint density at radius 2 is 0.827 bits per heavy atom. The number of β-amino-alcohol motifs (C(OH)–C–C–N with tert-alkyl or cyclic N) is 1. The van der Waals surface area contributed by atoms with E-state index in [9.17, 15) is 45.2 Å². The molecule has 12 aromatic rings. The smallest absolute Gasteiger partial charge is 0.260 e. The number of carbonyl (C=O) groups is 4. The van der Waals surface area contributed by atoms with Crippen molar-refractivity contribution >= 4 is 143 Å². The van der Waals surface area contributed by atoms with Crippen LogP contribution in [-0.2, 0) is 29.0 Å². The molecule has 0 radical (unpaired) electrons. The van der Waals surface area contributed by atoms with Gasteiger partial charge in [-0.1, -0.05) is 68.8 Å². The molecule has 0 bridgehead atoms. The van der Waals surface area contributed by atoms with Crippen molar-refractivity contribution in [3.8, 4) is 29.0 Å². The number of piperidine rings is 2. The number of halogens is 4. The van der Waals surface area contributed by atoms with E-state index in [4.69, 9.17) is 24.1 Å². The number of hydrogen-bond acceptors (Lipinski definition) is 31. The molecule has 8 heterocycles. The van der Waals surface area contributed by atoms with Gasteiger partial charge in [0.25, 0.3) is 5.88 Å². The maximum atomic E-state index is 14.4. The number of sulfone groups is 1. The third-order valence-corrected chi connectivity index (χ3v) is 22.1. The molecule has 1 atom stereocenters. The third kappa shape index (κ3) is 34.1. The van der Waals surface area contributed by atoms with Gasteiger partial charge in [-0.05, 0) is 211 Å². The molecule has 1 unspecified atom stereocenters. The lowest BCUT2D eigenvalue weighted by atomic mass is 9.98. The van der Waals surface area contributed by atoms with E-state index < -0.39 is 33.1 Å². The molecule has 15 rings (SSSR count). The summed E-state index contributed by atoms with van der Waals surface area (Å²) in [6.45, 7) is 24.0. The van der Waals surface area contributed by atoms with Crippen molar-refractivity contribution in [3.05, 3.63) is 287 Å². The quantitative estimate of drug-likeness (QED) is 0.00971. The molecule has 3 fully saturated rings. The number of carbonyl (C=O) groups excluding carboxylic acids is 4. The fourth-order valence-electron chi connectivity index (χ4n) is 14.1. The number of hydrogen-bond donors (Lipinski definition) is 12. The molecule has 3 aliphatic rings. The van der Waals surface area contributed by atoms with E-state index >= 15 is 0 Å². The van der Waals surface area contributed by atoms with E-state index in [0.29, 0.717) is 101 Å². The summed E-state index contributed by atoms with van der Waals surface area (Å²) in [7, 11) is 1.25. The largest absolute Gasteiger partial charge is 0.493 e. The number of anilines is 19. The van der Waals surface area contributed by atoms with Crippen LogP contribution in [0.5, 0.6) is 29.0 Å². The van der Waals surface area contributed by atoms with Crippen molar-refractivity contribution in [2.75, 3.05) is 175 Å². The normalized spacial score (nSPS) is 13.7. The van der Waals surface area contributed by atoms with Gasteiger partial charge < -0.3 is 97.2 Å². The molecule has 3 aliphatic heterocycles. The van der Waals surface area contributed by atoms with Gasteiger partial charge >= 0.3 is 0 Å². The first kappa shape index (κ1) is 102. The average Bonchev–Trinajstić information content (AvgIpc) is 0.844. The van der Waals surface area contributed by atoms with Gasteiger partial charge in [-0.25, -0.2) is 46.5 Å². The maximum absolute atomic E-state index is 14.4. The van der Waals surface area contributed by atoms with Gasteiger partial charge in [0.15, 0.2) is 34.9 Å². The van der Waals surface area contributed by atoms with Crippen molar-refractivity contribution in [1.29, 1.82) is 0 Å². The molecule has 12 N–H and O–H groups in total. The van der Waals surface area contributed by atoms with E-state index in [2.05, 4.69) is 163 Å². The summed E-state index contributed by atoms with van der Waals surface area (Å²) in [4.78, 5) is 92.3. The first-order valence-corrected chi connectivity index (χ1v) is 46.4. The molecule has 3 saturated heterocycles. The SMILES string of the molecule is C=CC(=O)Nc1cccc(Nc2nc(Nc3ccc(OCCCS(C)(=O)=O)nc3)ncc2F)c1.C=CC(=O)Nc1cccc(Nc2nc(Nc3cccc(N4CCN(CCO)CC4)c3)ncc2F)c1.C=CC(=O)Nc1cccc(Nc2nc(Nc3cccc(OCC4CCN(C)CC4)c3)ncc2F)c1.C=CC(=O)Nc1cccc(Oc2nc(Nc3cccc(OCC4CCCN(C)C4)c3)ncc2F)c1. The van der Waals surface area contributed by atoms with Crippen molar-refractivity contribution in [2.24, 2.45) is 11.8 Å². The molecule has 5 aromatic heterocycles. The van der Waals surface area contributed by atoms with E-state index in [-0.39, 0.29) is 89.7 Å². The van der Waals surface area contributed by atoms with Gasteiger partial charge in [0.1, 0.15) is 27.1 Å². The Morgan fingerprint density at radius 1 is 0.424 bits per heavy atom. The van der Waals surface area contributed by atoms with E-state index in [1.165, 1.54) is 31.0 Å². The van der Waals surface area contributed by atoms with Gasteiger partial charge in [0.05, 0.1) is 68.9 Å². The molecule has 0 spiro atoms. The van der Waals surface area contributed by atoms with E-state index in [1.807, 2.05) is 72.8 Å². The first-order chi connectivity index (χ1) is 67.2. The van der Waals surface area contributed by atoms with Crippen LogP contribution in [-0.4, -0.2) is 208 Å². The number of aliphatic hydroxyl groups excluding tert-OH is 1. The zero-order chi connectivity index (χ0) is 98.4. The van der Waals surface area contributed by atoms with E-state index in [1.54, 1.807) is 109 Å². The Hall–Kier alpha value is -16.0. The standard InChI is InChI=1S/C26H29FN6O2.C26H28FN5O3.C25H28FN7O2.C22H23FN6O4S/c1-3-24(34)29-19-6-4-7-20(14-19)30-25-23(27)16-28-26(32-25)31-21-8-5-9-22(15-21)35-17-18-10-12-33(2)13-11-18;1-3-24(33)29-19-8-5-11-22(14-19)35-25-23(27)15-28-26(31-25)30-20-9-4-10-21(13-20)34-17-18-7-6-12-32(2)16-18;1-2-23(35)28-18-5-3-6-19(15-18)29-24-22(26)17-27-25(31-24)30-20-7-4-8-21(16-20)33-11-9-32(10-12-33)13-14-34;1-3-19(30)26-15-6-4-7-16(12-15)27-21-18(23)14-25-22(29-21)28-17-8-9-20(24-13-17)33-10-5-11-34(2,31)32/h3-9,14-16,18H,1,10-13,17H2,2H3,(H,29,34)(H2,28,30,31,32);3-5,8-11,13-15,18H,1,6-7,12,16-17H2,2H3,(H,29,33)(H,28,30,31);2-8,15-17,34H,1,9-14H2,(H,28,35)(H2,27,29,30,31);3-4,6-9,12-14H,1,5,10-11H2,2H3,(H,26,30)(H2,25,27,28,29). The highest BCUT2D eigenvalue weighted by Crippen LogP contribution is 2.33. The Balaban J connectivity index is 0.000000166. The zero-order valence-electron chi connectivity index (χ0n) is 76.7. The fourth-order valence-corrected chi connectivity index (χ4v) is 14.7. The third-order valence-electron chi connectivity index (χ3n) is 21.1. The number of nitrogens with zero attached hydrogens (tertiary/aromatic N) is 13. The fraction of sp³-hybridized carbons (Fsp3) is 0.242. The number of aromatic nitrogens is 9. The van der Waals surface area contributed by atoms with Crippen molar-refractivity contribution in [2.45, 2.75) is 32.1 Å². The van der Waals surface area contributed by atoms with Gasteiger partial charge in [-0.15, -0.1) is 0 Å². The topological polar surface area (TPSA) is 421 Å². The number of piperazine rings is 1. The number of benzene rings is 7. The van der Waals surface area contributed by atoms with Crippen LogP contribution in [0.2, 0.25) is 0 Å². The van der Waals surface area contributed by atoms with E-state index in [0.717, 1.165) is 137 Å². The van der Waals surface area contributed by atoms with Crippen LogP contribution in [0.4, 0.5) is 127 Å². The molecule has 0 saturated carbocycles. The lowest BCUT2D eigenvalue weighted by Crippen LogP contribution is -2.47. The Kier molecular flexibility index (Phi) is 37.8. The van der Waals surface area contributed by atoms with Crippen LogP contribution in [0.3, 0.4) is 0 Å². The van der Waals surface area contributed by atoms with Crippen LogP contribution in [0, 0.1) is 35.1 Å². The molecule has 0 aliphatic carbocycles. The summed E-state index contributed by atoms with van der Waals surface area (Å²) in [5, 5.41) is 40.7. The maximum Gasteiger partial charge on any atom is 0.260 e. The minimum Gasteiger partial charge on any atom is -0.493 e. The molecule has 7 aromatic carbocycles. The van der Waals surface area contributed by atoms with Crippen molar-refractivity contribution in [3.63, 3.8) is 0 Å². The van der Waals surface area contributed by atoms with Crippen LogP contribution in [0.1, 0.15) is 32.1 Å². The minimum absolute atomic E-state index is 0.00404. The molecule has 35 nitrogen and oxygen atoms in total. The first-order valence-electron chi connectivity index (χ1n) is 44.3. The summed E-state index contributed by atoms with van der Waals surface area (Å²) < 4.78 is 103. The summed E-state index contributed by atoms with van der Waals surface area (Å²) in [5.74, 6) is -0.276. The molecule has 4 amide bonds. The van der Waals surface area contributed by atoms with Crippen LogP contribution in [0.15, 0.2) is 264 Å². The lowest BCUT2D eigenvalue weighted by Gasteiger charge is -2.35. The molecule has 40 heteroatoms. The summed E-state index contributed by atoms with van der Waals surface area (Å²) >= 11 is 0. The van der Waals surface area contributed by atoms with Gasteiger partial charge in [-0.3, -0.25) is 24.1 Å². The average molecular weight is 1920 g/mol. The Labute approximate surface area is 802 Å². The highest BCUT2D eigenvalue weighted by Gasteiger charge is 2.23. The summed E-state index contributed by atoms with van der Waals surface area (Å²) in [6, 6.07) is 53.1.